The predicted octanol–water partition coefficient (Wildman–Crippen LogP) is 1.80. The number of Topliss-reactive ketones (excluding diaryl/α,β-unsaturated/α-hetero) is 1. The van der Waals surface area contributed by atoms with E-state index in [1.807, 2.05) is 20.8 Å². The maximum atomic E-state index is 11.5. The summed E-state index contributed by atoms with van der Waals surface area (Å²) < 4.78 is 4.52. The number of carbonyl (C=O) groups is 2. The van der Waals surface area contributed by atoms with Gasteiger partial charge in [0, 0.05) is 11.8 Å². The summed E-state index contributed by atoms with van der Waals surface area (Å²) in [7, 11) is 1.34. The van der Waals surface area contributed by atoms with E-state index in [9.17, 15) is 9.59 Å². The molecule has 0 amide bonds. The Hall–Kier alpha value is -0.860. The zero-order valence-electron chi connectivity index (χ0n) is 8.79. The highest BCUT2D eigenvalue weighted by Crippen LogP contribution is 2.15. The molecule has 0 heterocycles. The topological polar surface area (TPSA) is 43.4 Å². The van der Waals surface area contributed by atoms with E-state index in [1.54, 1.807) is 0 Å². The van der Waals surface area contributed by atoms with E-state index >= 15 is 0 Å². The van der Waals surface area contributed by atoms with Gasteiger partial charge in [-0.25, -0.2) is 0 Å². The second kappa shape index (κ2) is 5.73. The second-order valence-corrected chi connectivity index (χ2v) is 3.44. The van der Waals surface area contributed by atoms with Gasteiger partial charge in [0.15, 0.2) is 0 Å². The minimum Gasteiger partial charge on any atom is -0.469 e. The molecule has 1 atom stereocenters. The number of hydrogen-bond acceptors (Lipinski definition) is 3. The maximum Gasteiger partial charge on any atom is 0.306 e. The smallest absolute Gasteiger partial charge is 0.306 e. The molecule has 3 nitrogen and oxygen atoms in total. The highest BCUT2D eigenvalue weighted by molar-refractivity contribution is 5.86. The van der Waals surface area contributed by atoms with Crippen LogP contribution in [0, 0.1) is 11.8 Å². The van der Waals surface area contributed by atoms with Gasteiger partial charge in [0.2, 0.25) is 0 Å². The molecule has 0 saturated carbocycles. The van der Waals surface area contributed by atoms with Crippen molar-refractivity contribution < 1.29 is 14.3 Å². The van der Waals surface area contributed by atoms with Crippen LogP contribution in [-0.4, -0.2) is 18.9 Å². The highest BCUT2D eigenvalue weighted by atomic mass is 16.5. The number of esters is 1. The summed E-state index contributed by atoms with van der Waals surface area (Å²) in [6.45, 7) is 5.61. The molecular weight excluding hydrogens is 168 g/mol. The van der Waals surface area contributed by atoms with Crippen molar-refractivity contribution in [3.05, 3.63) is 0 Å². The molecule has 0 saturated heterocycles. The van der Waals surface area contributed by atoms with Gasteiger partial charge in [-0.15, -0.1) is 0 Å². The van der Waals surface area contributed by atoms with Crippen LogP contribution >= 0.6 is 0 Å². The van der Waals surface area contributed by atoms with Crippen LogP contribution in [0.15, 0.2) is 0 Å². The van der Waals surface area contributed by atoms with Crippen LogP contribution in [0.25, 0.3) is 0 Å². The summed E-state index contributed by atoms with van der Waals surface area (Å²) >= 11 is 0. The fourth-order valence-corrected chi connectivity index (χ4v) is 1.20. The Morgan fingerprint density at radius 2 is 1.85 bits per heavy atom. The van der Waals surface area contributed by atoms with E-state index in [-0.39, 0.29) is 30.0 Å². The minimum atomic E-state index is -0.305. The van der Waals surface area contributed by atoms with E-state index in [0.717, 1.165) is 0 Å². The van der Waals surface area contributed by atoms with E-state index < -0.39 is 0 Å². The Balaban J connectivity index is 4.18. The standard InChI is InChI=1S/C10H18O3/c1-5-8(6-9(11)13-4)10(12)7(2)3/h7-8H,5-6H2,1-4H3. The van der Waals surface area contributed by atoms with Crippen molar-refractivity contribution in [3.63, 3.8) is 0 Å². The normalized spacial score (nSPS) is 12.7. The summed E-state index contributed by atoms with van der Waals surface area (Å²) in [4.78, 5) is 22.5. The molecule has 76 valence electrons. The lowest BCUT2D eigenvalue weighted by Gasteiger charge is -2.14. The third-order valence-corrected chi connectivity index (χ3v) is 2.10. The monoisotopic (exact) mass is 186 g/mol. The fourth-order valence-electron chi connectivity index (χ4n) is 1.20. The van der Waals surface area contributed by atoms with Crippen LogP contribution in [0.2, 0.25) is 0 Å². The number of hydrogen-bond donors (Lipinski definition) is 0. The third kappa shape index (κ3) is 4.06. The molecule has 1 unspecified atom stereocenters. The van der Waals surface area contributed by atoms with Crippen molar-refractivity contribution in [1.82, 2.24) is 0 Å². The van der Waals surface area contributed by atoms with Gasteiger partial charge in [-0.1, -0.05) is 20.8 Å². The highest BCUT2D eigenvalue weighted by Gasteiger charge is 2.22. The Bertz CT molecular complexity index is 185. The van der Waals surface area contributed by atoms with Gasteiger partial charge in [0.25, 0.3) is 0 Å². The van der Waals surface area contributed by atoms with E-state index in [2.05, 4.69) is 4.74 Å². The van der Waals surface area contributed by atoms with E-state index in [4.69, 9.17) is 0 Å². The lowest BCUT2D eigenvalue weighted by atomic mass is 9.90. The molecule has 0 aliphatic carbocycles. The van der Waals surface area contributed by atoms with Gasteiger partial charge in [-0.3, -0.25) is 9.59 Å². The summed E-state index contributed by atoms with van der Waals surface area (Å²) in [5.74, 6) is -0.337. The lowest BCUT2D eigenvalue weighted by molar-refractivity contribution is -0.144. The average Bonchev–Trinajstić information content (AvgIpc) is 2.12. The molecule has 13 heavy (non-hydrogen) atoms. The number of methoxy groups -OCH3 is 1. The Morgan fingerprint density at radius 1 is 1.31 bits per heavy atom. The Morgan fingerprint density at radius 3 is 2.15 bits per heavy atom. The van der Waals surface area contributed by atoms with E-state index in [1.165, 1.54) is 7.11 Å². The first-order chi connectivity index (χ1) is 6.02. The van der Waals surface area contributed by atoms with Crippen LogP contribution in [0.1, 0.15) is 33.6 Å². The summed E-state index contributed by atoms with van der Waals surface area (Å²) in [6.07, 6.45) is 0.913. The first-order valence-corrected chi connectivity index (χ1v) is 4.63. The molecule has 0 aromatic rings. The van der Waals surface area contributed by atoms with Crippen molar-refractivity contribution in [1.29, 1.82) is 0 Å². The van der Waals surface area contributed by atoms with Crippen molar-refractivity contribution in [2.75, 3.05) is 7.11 Å². The molecule has 0 aromatic carbocycles. The molecule has 0 aliphatic heterocycles. The molecule has 0 aliphatic rings. The lowest BCUT2D eigenvalue weighted by Crippen LogP contribution is -2.22. The molecular formula is C10H18O3. The Labute approximate surface area is 79.5 Å². The number of rotatable bonds is 5. The maximum absolute atomic E-state index is 11.5. The average molecular weight is 186 g/mol. The number of ketones is 1. The molecule has 3 heteroatoms. The van der Waals surface area contributed by atoms with Crippen molar-refractivity contribution >= 4 is 11.8 Å². The SMILES string of the molecule is CCC(CC(=O)OC)C(=O)C(C)C. The molecule has 0 spiro atoms. The van der Waals surface area contributed by atoms with Gasteiger partial charge < -0.3 is 4.74 Å². The number of carbonyl (C=O) groups excluding carboxylic acids is 2. The van der Waals surface area contributed by atoms with Crippen molar-refractivity contribution in [2.45, 2.75) is 33.6 Å². The molecule has 0 bridgehead atoms. The zero-order valence-corrected chi connectivity index (χ0v) is 8.79. The first kappa shape index (κ1) is 12.1. The summed E-state index contributed by atoms with van der Waals surface area (Å²) in [5.41, 5.74) is 0. The van der Waals surface area contributed by atoms with Crippen LogP contribution in [0.4, 0.5) is 0 Å². The summed E-state index contributed by atoms with van der Waals surface area (Å²) in [6, 6.07) is 0. The third-order valence-electron chi connectivity index (χ3n) is 2.10. The second-order valence-electron chi connectivity index (χ2n) is 3.44. The molecule has 0 rings (SSSR count). The van der Waals surface area contributed by atoms with Crippen molar-refractivity contribution in [3.8, 4) is 0 Å². The molecule has 0 aromatic heterocycles. The van der Waals surface area contributed by atoms with Gasteiger partial charge in [0.1, 0.15) is 5.78 Å². The molecule has 0 radical (unpaired) electrons. The zero-order chi connectivity index (χ0) is 10.4. The largest absolute Gasteiger partial charge is 0.469 e. The van der Waals surface area contributed by atoms with Crippen molar-refractivity contribution in [2.24, 2.45) is 11.8 Å². The minimum absolute atomic E-state index is 0.00499. The van der Waals surface area contributed by atoms with Gasteiger partial charge in [-0.05, 0) is 6.42 Å². The molecule has 0 N–H and O–H groups in total. The quantitative estimate of drug-likeness (QED) is 0.615. The number of ether oxygens (including phenoxy) is 1. The van der Waals surface area contributed by atoms with Crippen LogP contribution in [0.3, 0.4) is 0 Å². The first-order valence-electron chi connectivity index (χ1n) is 4.63. The van der Waals surface area contributed by atoms with Gasteiger partial charge >= 0.3 is 5.97 Å². The predicted molar refractivity (Wildman–Crippen MR) is 50.3 cm³/mol. The van der Waals surface area contributed by atoms with Gasteiger partial charge in [-0.2, -0.15) is 0 Å². The Kier molecular flexibility index (Phi) is 5.35. The molecule has 0 fully saturated rings. The summed E-state index contributed by atoms with van der Waals surface area (Å²) in [5, 5.41) is 0. The van der Waals surface area contributed by atoms with Crippen LogP contribution in [0.5, 0.6) is 0 Å². The van der Waals surface area contributed by atoms with Crippen LogP contribution < -0.4 is 0 Å². The fraction of sp³-hybridized carbons (Fsp3) is 0.800. The van der Waals surface area contributed by atoms with Crippen LogP contribution in [-0.2, 0) is 14.3 Å². The van der Waals surface area contributed by atoms with E-state index in [0.29, 0.717) is 6.42 Å². The van der Waals surface area contributed by atoms with Gasteiger partial charge in [0.05, 0.1) is 13.5 Å².